The maximum Gasteiger partial charge on any atom is 0.275 e. The molecule has 1 aliphatic heterocycles. The van der Waals surface area contributed by atoms with Crippen LogP contribution in [0.15, 0.2) is 52.9 Å². The van der Waals surface area contributed by atoms with Crippen LogP contribution in [0, 0.1) is 6.92 Å². The molecule has 0 fully saturated rings. The Labute approximate surface area is 223 Å². The zero-order valence-electron chi connectivity index (χ0n) is 21.3. The van der Waals surface area contributed by atoms with E-state index in [0.29, 0.717) is 29.4 Å². The van der Waals surface area contributed by atoms with Gasteiger partial charge >= 0.3 is 0 Å². The lowest BCUT2D eigenvalue weighted by molar-refractivity contribution is -0.135. The van der Waals surface area contributed by atoms with Gasteiger partial charge in [0.2, 0.25) is 0 Å². The smallest absolute Gasteiger partial charge is 0.275 e. The molecule has 5 rings (SSSR count). The van der Waals surface area contributed by atoms with Crippen LogP contribution in [0.5, 0.6) is 5.75 Å². The average molecular weight is 534 g/mol. The summed E-state index contributed by atoms with van der Waals surface area (Å²) in [4.78, 5) is 40.0. The molecule has 4 heterocycles. The van der Waals surface area contributed by atoms with Gasteiger partial charge in [-0.3, -0.25) is 15.0 Å². The van der Waals surface area contributed by atoms with Crippen molar-refractivity contribution in [2.75, 3.05) is 32.7 Å². The first-order chi connectivity index (χ1) is 17.7. The SMILES string of the molecule is CC1=C(C)C(=O)N(Nc2nc(-c3cccs3)nc3sc(-c4ccc(OCCN(C)C)cc4)c(C)c23)C1=O. The molecule has 0 bridgehead atoms. The Balaban J connectivity index is 1.54. The number of likely N-dealkylation sites (N-methyl/N-ethyl adjacent to an activating group) is 1. The number of carbonyl (C=O) groups excluding carboxylic acids is 2. The fourth-order valence-corrected chi connectivity index (χ4v) is 5.86. The first kappa shape index (κ1) is 25.1. The normalized spacial score (nSPS) is 13.9. The minimum atomic E-state index is -0.370. The number of nitrogens with zero attached hydrogens (tertiary/aromatic N) is 4. The number of nitrogens with one attached hydrogen (secondary N) is 1. The lowest BCUT2D eigenvalue weighted by Crippen LogP contribution is -2.37. The molecule has 0 saturated carbocycles. The molecule has 1 aromatic carbocycles. The standard InChI is InChI=1S/C27H27N5O3S2/c1-15-16(2)27(34)32(26(15)33)30-24-21-17(3)22(18-8-10-19(11-9-18)35-13-12-31(4)5)37-25(21)29-23(28-24)20-7-6-14-36-20/h6-11,14H,12-13H2,1-5H3,(H,28,29,30). The van der Waals surface area contributed by atoms with E-state index in [4.69, 9.17) is 14.7 Å². The molecule has 0 radical (unpaired) electrons. The van der Waals surface area contributed by atoms with Crippen LogP contribution in [0.3, 0.4) is 0 Å². The number of hydrogen-bond donors (Lipinski definition) is 1. The summed E-state index contributed by atoms with van der Waals surface area (Å²) >= 11 is 3.09. The Kier molecular flexibility index (Phi) is 6.80. The van der Waals surface area contributed by atoms with Crippen LogP contribution in [-0.4, -0.2) is 58.9 Å². The molecule has 8 nitrogen and oxygen atoms in total. The summed E-state index contributed by atoms with van der Waals surface area (Å²) in [7, 11) is 4.03. The number of aromatic nitrogens is 2. The van der Waals surface area contributed by atoms with Crippen molar-refractivity contribution < 1.29 is 14.3 Å². The Morgan fingerprint density at radius 3 is 2.32 bits per heavy atom. The van der Waals surface area contributed by atoms with Crippen LogP contribution in [0.2, 0.25) is 0 Å². The second kappa shape index (κ2) is 10.0. The van der Waals surface area contributed by atoms with Gasteiger partial charge in [-0.15, -0.1) is 22.7 Å². The van der Waals surface area contributed by atoms with Crippen molar-refractivity contribution >= 4 is 50.5 Å². The summed E-state index contributed by atoms with van der Waals surface area (Å²) in [5, 5.41) is 3.80. The molecule has 0 saturated heterocycles. The van der Waals surface area contributed by atoms with E-state index in [1.807, 2.05) is 62.8 Å². The second-order valence-corrected chi connectivity index (χ2v) is 11.0. The van der Waals surface area contributed by atoms with Crippen LogP contribution in [0.25, 0.3) is 31.4 Å². The fourth-order valence-electron chi connectivity index (χ4n) is 4.02. The quantitative estimate of drug-likeness (QED) is 0.305. The van der Waals surface area contributed by atoms with Crippen LogP contribution in [-0.2, 0) is 9.59 Å². The minimum Gasteiger partial charge on any atom is -0.492 e. The predicted molar refractivity (Wildman–Crippen MR) is 149 cm³/mol. The van der Waals surface area contributed by atoms with E-state index >= 15 is 0 Å². The third-order valence-electron chi connectivity index (χ3n) is 6.28. The van der Waals surface area contributed by atoms with Crippen molar-refractivity contribution in [3.63, 3.8) is 0 Å². The number of fused-ring (bicyclic) bond motifs is 1. The van der Waals surface area contributed by atoms with Gasteiger partial charge in [0.15, 0.2) is 11.6 Å². The highest BCUT2D eigenvalue weighted by atomic mass is 32.1. The Bertz CT molecular complexity index is 1500. The number of hydrogen-bond acceptors (Lipinski definition) is 9. The number of aryl methyl sites for hydroxylation is 1. The van der Waals surface area contributed by atoms with E-state index in [2.05, 4.69) is 10.3 Å². The Morgan fingerprint density at radius 1 is 1.00 bits per heavy atom. The zero-order chi connectivity index (χ0) is 26.3. The highest BCUT2D eigenvalue weighted by molar-refractivity contribution is 7.22. The number of imide groups is 1. The van der Waals surface area contributed by atoms with E-state index in [1.165, 1.54) is 11.3 Å². The molecular formula is C27H27N5O3S2. The molecule has 4 aromatic rings. The lowest BCUT2D eigenvalue weighted by atomic mass is 10.1. The molecular weight excluding hydrogens is 506 g/mol. The molecule has 1 aliphatic rings. The van der Waals surface area contributed by atoms with E-state index in [-0.39, 0.29) is 11.8 Å². The minimum absolute atomic E-state index is 0.370. The number of rotatable bonds is 8. The summed E-state index contributed by atoms with van der Waals surface area (Å²) in [6.45, 7) is 6.79. The van der Waals surface area contributed by atoms with Gasteiger partial charge in [-0.2, -0.15) is 5.01 Å². The molecule has 190 valence electrons. The topological polar surface area (TPSA) is 87.7 Å². The van der Waals surface area contributed by atoms with Crippen molar-refractivity contribution in [3.05, 3.63) is 58.5 Å². The number of anilines is 1. The van der Waals surface area contributed by atoms with Crippen molar-refractivity contribution in [1.82, 2.24) is 19.9 Å². The van der Waals surface area contributed by atoms with Gasteiger partial charge in [0.05, 0.1) is 10.3 Å². The number of thiophene rings is 2. The van der Waals surface area contributed by atoms with Gasteiger partial charge in [0, 0.05) is 22.6 Å². The summed E-state index contributed by atoms with van der Waals surface area (Å²) < 4.78 is 5.84. The van der Waals surface area contributed by atoms with E-state index in [0.717, 1.165) is 48.4 Å². The summed E-state index contributed by atoms with van der Waals surface area (Å²) in [6, 6.07) is 11.9. The zero-order valence-corrected chi connectivity index (χ0v) is 22.9. The molecule has 1 N–H and O–H groups in total. The van der Waals surface area contributed by atoms with Gasteiger partial charge in [-0.25, -0.2) is 9.97 Å². The van der Waals surface area contributed by atoms with Gasteiger partial charge in [0.25, 0.3) is 11.8 Å². The maximum absolute atomic E-state index is 12.8. The first-order valence-corrected chi connectivity index (χ1v) is 13.5. The second-order valence-electron chi connectivity index (χ2n) is 9.09. The van der Waals surface area contributed by atoms with Gasteiger partial charge in [0.1, 0.15) is 17.2 Å². The van der Waals surface area contributed by atoms with Crippen molar-refractivity contribution in [1.29, 1.82) is 0 Å². The highest BCUT2D eigenvalue weighted by Crippen LogP contribution is 2.42. The Hall–Kier alpha value is -3.60. The largest absolute Gasteiger partial charge is 0.492 e. The van der Waals surface area contributed by atoms with Crippen LogP contribution < -0.4 is 10.2 Å². The van der Waals surface area contributed by atoms with Gasteiger partial charge in [-0.1, -0.05) is 6.07 Å². The first-order valence-electron chi connectivity index (χ1n) is 11.8. The third-order valence-corrected chi connectivity index (χ3v) is 8.38. The summed E-state index contributed by atoms with van der Waals surface area (Å²) in [5.41, 5.74) is 5.88. The monoisotopic (exact) mass is 533 g/mol. The number of amides is 2. The number of ether oxygens (including phenoxy) is 1. The maximum atomic E-state index is 12.8. The lowest BCUT2D eigenvalue weighted by Gasteiger charge is -2.18. The van der Waals surface area contributed by atoms with E-state index in [9.17, 15) is 9.59 Å². The number of carbonyl (C=O) groups is 2. The van der Waals surface area contributed by atoms with Crippen LogP contribution in [0.1, 0.15) is 19.4 Å². The molecule has 0 aliphatic carbocycles. The molecule has 2 amide bonds. The van der Waals surface area contributed by atoms with Crippen LogP contribution >= 0.6 is 22.7 Å². The van der Waals surface area contributed by atoms with Crippen molar-refractivity contribution in [2.24, 2.45) is 0 Å². The molecule has 0 atom stereocenters. The highest BCUT2D eigenvalue weighted by Gasteiger charge is 2.35. The molecule has 10 heteroatoms. The van der Waals surface area contributed by atoms with Crippen LogP contribution in [0.4, 0.5) is 5.82 Å². The third kappa shape index (κ3) is 4.75. The van der Waals surface area contributed by atoms with E-state index < -0.39 is 0 Å². The average Bonchev–Trinajstić information content (AvgIpc) is 3.58. The molecule has 3 aromatic heterocycles. The molecule has 0 spiro atoms. The van der Waals surface area contributed by atoms with Gasteiger partial charge in [-0.05, 0) is 81.7 Å². The number of benzene rings is 1. The Morgan fingerprint density at radius 2 is 1.70 bits per heavy atom. The summed E-state index contributed by atoms with van der Waals surface area (Å²) in [5.74, 6) is 1.05. The van der Waals surface area contributed by atoms with Crippen molar-refractivity contribution in [3.8, 4) is 26.9 Å². The molecule has 0 unspecified atom stereocenters. The number of hydrazine groups is 1. The van der Waals surface area contributed by atoms with Gasteiger partial charge < -0.3 is 9.64 Å². The van der Waals surface area contributed by atoms with E-state index in [1.54, 1.807) is 25.2 Å². The summed E-state index contributed by atoms with van der Waals surface area (Å²) in [6.07, 6.45) is 0. The predicted octanol–water partition coefficient (Wildman–Crippen LogP) is 5.37. The van der Waals surface area contributed by atoms with Crippen molar-refractivity contribution in [2.45, 2.75) is 20.8 Å². The fraction of sp³-hybridized carbons (Fsp3) is 0.259. The molecule has 37 heavy (non-hydrogen) atoms.